The summed E-state index contributed by atoms with van der Waals surface area (Å²) in [6.07, 6.45) is 13.6. The first-order chi connectivity index (χ1) is 20.6. The van der Waals surface area contributed by atoms with E-state index >= 15 is 0 Å². The molecule has 2 aromatic rings. The average molecular weight is 573 g/mol. The molecule has 0 aromatic carbocycles. The van der Waals surface area contributed by atoms with E-state index in [9.17, 15) is 19.8 Å². The Morgan fingerprint density at radius 2 is 1.40 bits per heavy atom. The lowest BCUT2D eigenvalue weighted by molar-refractivity contribution is -0.837. The maximum atomic E-state index is 11.8. The molecule has 0 aliphatic carbocycles. The molecule has 6 aliphatic rings. The maximum Gasteiger partial charge on any atom is 0.553 e. The smallest absolute Gasteiger partial charge is 0.481 e. The standard InChI is InChI=1S/C35H30N4O4/c1-7-21-17(3)25-13-26-19(5)23(9-11-33(40)41)31-16-32-24(10-12-34(42)43)20(6)28-15-30-22(8-2)18(4)27-14-29(21)36(25)35(37(27)30,38(26)31)39(28)32/h7-8,13-16H,1-2,9-12H2,3-6H3/p+2. The quantitative estimate of drug-likeness (QED) is 0.471. The number of aliphatic carboxylic acids is 2. The molecule has 6 aliphatic heterocycles. The second kappa shape index (κ2) is 8.10. The first-order valence-electron chi connectivity index (χ1n) is 14.7. The number of rotatable bonds is 8. The summed E-state index contributed by atoms with van der Waals surface area (Å²) in [5.41, 5.74) is 14.7. The van der Waals surface area contributed by atoms with Crippen molar-refractivity contribution in [2.24, 2.45) is 0 Å². The second-order valence-corrected chi connectivity index (χ2v) is 12.1. The van der Waals surface area contributed by atoms with Crippen molar-refractivity contribution in [1.82, 2.24) is 9.13 Å². The van der Waals surface area contributed by atoms with Crippen LogP contribution in [0.1, 0.15) is 73.2 Å². The molecule has 0 saturated carbocycles. The van der Waals surface area contributed by atoms with E-state index in [1.54, 1.807) is 0 Å². The van der Waals surface area contributed by atoms with Crippen LogP contribution in [0, 0.1) is 13.8 Å². The topological polar surface area (TPSA) is 90.5 Å². The van der Waals surface area contributed by atoms with E-state index < -0.39 is 17.8 Å². The Bertz CT molecular complexity index is 2200. The van der Waals surface area contributed by atoms with E-state index in [0.717, 1.165) is 89.4 Å². The highest BCUT2D eigenvalue weighted by Gasteiger charge is 2.72. The van der Waals surface area contributed by atoms with Gasteiger partial charge in [-0.25, -0.2) is 0 Å². The normalized spacial score (nSPS) is 21.4. The molecule has 0 amide bonds. The molecule has 0 saturated heterocycles. The summed E-state index contributed by atoms with van der Waals surface area (Å²) < 4.78 is 9.59. The predicted octanol–water partition coefficient (Wildman–Crippen LogP) is 3.79. The van der Waals surface area contributed by atoms with E-state index in [2.05, 4.69) is 83.4 Å². The zero-order valence-electron chi connectivity index (χ0n) is 24.7. The van der Waals surface area contributed by atoms with Crippen molar-refractivity contribution in [2.75, 3.05) is 0 Å². The Hall–Kier alpha value is -4.98. The lowest BCUT2D eigenvalue weighted by Gasteiger charge is -2.38. The molecule has 8 heteroatoms. The molecule has 43 heavy (non-hydrogen) atoms. The van der Waals surface area contributed by atoms with Gasteiger partial charge in [0.15, 0.2) is 0 Å². The van der Waals surface area contributed by atoms with Crippen LogP contribution in [0.15, 0.2) is 52.9 Å². The summed E-state index contributed by atoms with van der Waals surface area (Å²) in [7, 11) is 0. The van der Waals surface area contributed by atoms with Gasteiger partial charge in [0.25, 0.3) is 0 Å². The third-order valence-electron chi connectivity index (χ3n) is 10.2. The molecule has 0 bridgehead atoms. The fourth-order valence-electron chi connectivity index (χ4n) is 8.35. The summed E-state index contributed by atoms with van der Waals surface area (Å²) in [5, 5.41) is 21.5. The summed E-state index contributed by atoms with van der Waals surface area (Å²) in [6.45, 7) is 16.9. The maximum absolute atomic E-state index is 11.8. The fourth-order valence-corrected chi connectivity index (χ4v) is 8.35. The molecule has 2 N–H and O–H groups in total. The van der Waals surface area contributed by atoms with E-state index in [4.69, 9.17) is 0 Å². The van der Waals surface area contributed by atoms with Crippen molar-refractivity contribution >= 4 is 53.7 Å². The Kier molecular flexibility index (Phi) is 4.84. The molecule has 8 nitrogen and oxygen atoms in total. The van der Waals surface area contributed by atoms with E-state index in [-0.39, 0.29) is 12.8 Å². The molecular formula is C35H32N4O4+2. The van der Waals surface area contributed by atoms with Crippen molar-refractivity contribution in [2.45, 2.75) is 59.3 Å². The molecule has 8 heterocycles. The number of carboxylic acid groups (broad SMARTS) is 2. The second-order valence-electron chi connectivity index (χ2n) is 12.1. The van der Waals surface area contributed by atoms with Gasteiger partial charge in [-0.3, -0.25) is 9.59 Å². The number of hydrogen-bond acceptors (Lipinski definition) is 2. The Morgan fingerprint density at radius 1 is 0.744 bits per heavy atom. The minimum Gasteiger partial charge on any atom is -0.481 e. The first-order valence-corrected chi connectivity index (χ1v) is 14.7. The molecule has 1 spiro atoms. The van der Waals surface area contributed by atoms with Crippen LogP contribution in [0.2, 0.25) is 0 Å². The number of allylic oxidation sites excluding steroid dienone is 5. The van der Waals surface area contributed by atoms with Gasteiger partial charge in [0, 0.05) is 58.4 Å². The van der Waals surface area contributed by atoms with Crippen molar-refractivity contribution in [3.63, 3.8) is 0 Å². The van der Waals surface area contributed by atoms with E-state index in [1.165, 1.54) is 0 Å². The summed E-state index contributed by atoms with van der Waals surface area (Å²) in [6, 6.07) is 0. The summed E-state index contributed by atoms with van der Waals surface area (Å²) >= 11 is 0. The monoisotopic (exact) mass is 572 g/mol. The van der Waals surface area contributed by atoms with Gasteiger partial charge in [0.1, 0.15) is 0 Å². The number of carboxylic acids is 2. The van der Waals surface area contributed by atoms with Gasteiger partial charge in [-0.2, -0.15) is 9.13 Å². The molecule has 2 aromatic heterocycles. The van der Waals surface area contributed by atoms with Crippen molar-refractivity contribution in [1.29, 1.82) is 0 Å². The van der Waals surface area contributed by atoms with Gasteiger partial charge in [0.2, 0.25) is 22.8 Å². The molecule has 214 valence electrons. The third-order valence-corrected chi connectivity index (χ3v) is 10.2. The van der Waals surface area contributed by atoms with Crippen LogP contribution in [-0.4, -0.2) is 51.9 Å². The molecule has 0 radical (unpaired) electrons. The summed E-state index contributed by atoms with van der Waals surface area (Å²) in [4.78, 5) is 23.6. The van der Waals surface area contributed by atoms with Gasteiger partial charge in [-0.15, -0.1) is 0 Å². The number of nitrogens with zero attached hydrogens (tertiary/aromatic N) is 4. The van der Waals surface area contributed by atoms with Gasteiger partial charge < -0.3 is 10.2 Å². The zero-order valence-corrected chi connectivity index (χ0v) is 24.7. The molecule has 8 rings (SSSR count). The van der Waals surface area contributed by atoms with Crippen LogP contribution in [0.25, 0.3) is 30.4 Å². The van der Waals surface area contributed by atoms with E-state index in [0.29, 0.717) is 12.8 Å². The zero-order chi connectivity index (χ0) is 30.3. The van der Waals surface area contributed by atoms with Gasteiger partial charge >= 0.3 is 17.8 Å². The molecule has 1 unspecified atom stereocenters. The van der Waals surface area contributed by atoms with Gasteiger partial charge in [0.05, 0.1) is 28.2 Å². The largest absolute Gasteiger partial charge is 0.553 e. The van der Waals surface area contributed by atoms with Crippen LogP contribution in [0.5, 0.6) is 0 Å². The van der Waals surface area contributed by atoms with Crippen LogP contribution in [-0.2, 0) is 15.5 Å². The van der Waals surface area contributed by atoms with Crippen LogP contribution in [0.3, 0.4) is 0 Å². The lowest BCUT2D eigenvalue weighted by atomic mass is 9.96. The molecule has 1 atom stereocenters. The fraction of sp³-hybridized carbons (Fsp3) is 0.257. The molecular weight excluding hydrogens is 540 g/mol. The van der Waals surface area contributed by atoms with E-state index in [1.807, 2.05) is 12.2 Å². The minimum absolute atomic E-state index is 0.0190. The van der Waals surface area contributed by atoms with Crippen LogP contribution in [0.4, 0.5) is 0 Å². The number of aromatic nitrogens is 2. The highest BCUT2D eigenvalue weighted by molar-refractivity contribution is 6.20. The van der Waals surface area contributed by atoms with Crippen LogP contribution >= 0.6 is 0 Å². The number of hydrogen-bond donors (Lipinski definition) is 2. The predicted molar refractivity (Wildman–Crippen MR) is 165 cm³/mol. The van der Waals surface area contributed by atoms with Gasteiger partial charge in [-0.1, -0.05) is 34.5 Å². The highest BCUT2D eigenvalue weighted by atomic mass is 16.4. The lowest BCUT2D eigenvalue weighted by Crippen LogP contribution is -2.70. The number of carbonyl (C=O) groups is 2. The highest BCUT2D eigenvalue weighted by Crippen LogP contribution is 2.51. The average Bonchev–Trinajstić information content (AvgIpc) is 3.60. The minimum atomic E-state index is -0.922. The Labute approximate surface area is 248 Å². The van der Waals surface area contributed by atoms with Gasteiger partial charge in [-0.05, 0) is 57.7 Å². The van der Waals surface area contributed by atoms with Crippen LogP contribution < -0.4 is 10.7 Å². The van der Waals surface area contributed by atoms with Crippen molar-refractivity contribution in [3.05, 3.63) is 97.3 Å². The molecule has 0 fully saturated rings. The first kappa shape index (κ1) is 25.7. The summed E-state index contributed by atoms with van der Waals surface area (Å²) in [5.74, 6) is -2.59. The SMILES string of the molecule is C=Cc1c(C)c2n3c1C=c1c(C)c(C=C)c4n1C31[N+]3=C(C=4)C(C)=C(CCC(=O)O)C3=CC3=[N+]1C(=C2)C(C)=C3CCC(=O)O. The Balaban J connectivity index is 1.60. The Morgan fingerprint density at radius 3 is 2.05 bits per heavy atom. The third kappa shape index (κ3) is 2.73. The van der Waals surface area contributed by atoms with Crippen molar-refractivity contribution < 1.29 is 29.0 Å². The van der Waals surface area contributed by atoms with Crippen molar-refractivity contribution in [3.8, 4) is 0 Å².